The van der Waals surface area contributed by atoms with Gasteiger partial charge in [-0.3, -0.25) is 9.69 Å². The molecule has 1 aromatic rings. The Bertz CT molecular complexity index is 630. The Morgan fingerprint density at radius 2 is 2.03 bits per heavy atom. The quantitative estimate of drug-likeness (QED) is 0.313. The molecule has 1 amide bonds. The van der Waals surface area contributed by atoms with Gasteiger partial charge in [-0.15, -0.1) is 23.1 Å². The van der Waals surface area contributed by atoms with Gasteiger partial charge in [-0.1, -0.05) is 32.6 Å². The standard InChI is InChI=1S/C19H27F3NO3S2.Y/c1-3-5-7-8-13(24)14-9-10-15(27-14)23-16(12-26-11-6-4-2)28-17(18(23)25)19(20,21)22;/h9-10,13,16-17,24H,2-8,11-12H2,1H3;/q-1;. The zero-order valence-electron chi connectivity index (χ0n) is 16.5. The summed E-state index contributed by atoms with van der Waals surface area (Å²) >= 11 is 1.75. The maximum absolute atomic E-state index is 13.3. The van der Waals surface area contributed by atoms with E-state index in [9.17, 15) is 23.1 Å². The molecule has 1 saturated heterocycles. The van der Waals surface area contributed by atoms with E-state index in [1.165, 1.54) is 16.2 Å². The van der Waals surface area contributed by atoms with E-state index in [-0.39, 0.29) is 39.3 Å². The molecule has 4 nitrogen and oxygen atoms in total. The molecule has 163 valence electrons. The zero-order chi connectivity index (χ0) is 20.7. The SMILES string of the molecule is [CH2-]CCCOCC1SC(C(F)(F)F)C(=O)N1c1ccc(C(O)CCCCC)s1.[Y]. The number of hydrogen-bond donors (Lipinski definition) is 1. The number of aliphatic hydroxyl groups is 1. The molecule has 0 spiro atoms. The number of amides is 1. The fraction of sp³-hybridized carbons (Fsp3) is 0.684. The van der Waals surface area contributed by atoms with Gasteiger partial charge in [0.05, 0.1) is 17.7 Å². The van der Waals surface area contributed by atoms with Crippen molar-refractivity contribution < 1.29 is 60.5 Å². The predicted octanol–water partition coefficient (Wildman–Crippen LogP) is 5.33. The molecule has 2 heterocycles. The summed E-state index contributed by atoms with van der Waals surface area (Å²) in [7, 11) is 0. The van der Waals surface area contributed by atoms with E-state index in [1.807, 2.05) is 0 Å². The third kappa shape index (κ3) is 7.76. The molecule has 1 radical (unpaired) electrons. The summed E-state index contributed by atoms with van der Waals surface area (Å²) in [5.74, 6) is -0.975. The van der Waals surface area contributed by atoms with Crippen LogP contribution in [0.1, 0.15) is 56.4 Å². The van der Waals surface area contributed by atoms with Crippen LogP contribution in [0.25, 0.3) is 0 Å². The number of nitrogens with zero attached hydrogens (tertiary/aromatic N) is 1. The normalized spacial score (nSPS) is 20.8. The van der Waals surface area contributed by atoms with Gasteiger partial charge in [-0.2, -0.15) is 19.6 Å². The van der Waals surface area contributed by atoms with Crippen LogP contribution in [0.2, 0.25) is 0 Å². The van der Waals surface area contributed by atoms with E-state index in [1.54, 1.807) is 12.1 Å². The molecule has 3 atom stereocenters. The first-order valence-electron chi connectivity index (χ1n) is 9.49. The van der Waals surface area contributed by atoms with Crippen molar-refractivity contribution in [2.24, 2.45) is 0 Å². The van der Waals surface area contributed by atoms with Crippen LogP contribution in [0.15, 0.2) is 12.1 Å². The van der Waals surface area contributed by atoms with Gasteiger partial charge < -0.3 is 16.8 Å². The number of alkyl halides is 3. The van der Waals surface area contributed by atoms with Crippen LogP contribution < -0.4 is 4.90 Å². The Morgan fingerprint density at radius 3 is 2.66 bits per heavy atom. The first-order chi connectivity index (χ1) is 13.3. The van der Waals surface area contributed by atoms with Crippen LogP contribution in [0.4, 0.5) is 18.2 Å². The second kappa shape index (κ2) is 13.0. The number of thiophene rings is 1. The Morgan fingerprint density at radius 1 is 1.31 bits per heavy atom. The van der Waals surface area contributed by atoms with Crippen molar-refractivity contribution in [3.8, 4) is 0 Å². The minimum atomic E-state index is -4.61. The van der Waals surface area contributed by atoms with Gasteiger partial charge in [0, 0.05) is 44.2 Å². The van der Waals surface area contributed by atoms with Crippen LogP contribution in [-0.2, 0) is 42.2 Å². The molecular weight excluding hydrogens is 500 g/mol. The molecule has 2 rings (SSSR count). The number of halogens is 3. The fourth-order valence-electron chi connectivity index (χ4n) is 2.89. The Labute approximate surface area is 203 Å². The van der Waals surface area contributed by atoms with E-state index < -0.39 is 28.8 Å². The van der Waals surface area contributed by atoms with Gasteiger partial charge in [-0.25, -0.2) is 0 Å². The van der Waals surface area contributed by atoms with E-state index in [0.717, 1.165) is 19.3 Å². The number of carbonyl (C=O) groups excluding carboxylic acids is 1. The Hall–Kier alpha value is 0.334. The number of aliphatic hydroxyl groups excluding tert-OH is 1. The second-order valence-electron chi connectivity index (χ2n) is 6.69. The molecule has 0 bridgehead atoms. The van der Waals surface area contributed by atoms with Crippen LogP contribution in [0.3, 0.4) is 0 Å². The molecular formula is C19H27F3NO3S2Y-. The smallest absolute Gasteiger partial charge is 0.388 e. The van der Waals surface area contributed by atoms with Gasteiger partial charge in [0.15, 0.2) is 5.25 Å². The Kier molecular flexibility index (Phi) is 12.3. The average molecular weight is 527 g/mol. The minimum absolute atomic E-state index is 0. The van der Waals surface area contributed by atoms with E-state index in [0.29, 0.717) is 47.5 Å². The summed E-state index contributed by atoms with van der Waals surface area (Å²) in [6.45, 7) is 6.19. The van der Waals surface area contributed by atoms with E-state index in [2.05, 4.69) is 13.8 Å². The first kappa shape index (κ1) is 27.4. The number of rotatable bonds is 11. The number of thioether (sulfide) groups is 1. The molecule has 1 aliphatic rings. The van der Waals surface area contributed by atoms with Crippen LogP contribution in [0, 0.1) is 6.92 Å². The number of hydrogen-bond acceptors (Lipinski definition) is 5. The summed E-state index contributed by atoms with van der Waals surface area (Å²) in [5.41, 5.74) is 0. The molecule has 29 heavy (non-hydrogen) atoms. The van der Waals surface area contributed by atoms with Crippen molar-refractivity contribution in [2.45, 2.75) is 68.4 Å². The molecule has 1 N–H and O–H groups in total. The average Bonchev–Trinajstić information content (AvgIpc) is 3.23. The second-order valence-corrected chi connectivity index (χ2v) is 9.07. The molecule has 1 fully saturated rings. The maximum Gasteiger partial charge on any atom is 0.409 e. The van der Waals surface area contributed by atoms with Crippen molar-refractivity contribution in [2.75, 3.05) is 18.1 Å². The summed E-state index contributed by atoms with van der Waals surface area (Å²) < 4.78 is 45.3. The van der Waals surface area contributed by atoms with Crippen molar-refractivity contribution in [3.63, 3.8) is 0 Å². The summed E-state index contributed by atoms with van der Waals surface area (Å²) in [6.07, 6.45) is -0.367. The molecule has 0 aromatic carbocycles. The molecule has 3 unspecified atom stereocenters. The van der Waals surface area contributed by atoms with Gasteiger partial charge in [-0.05, 0) is 18.6 Å². The maximum atomic E-state index is 13.3. The zero-order valence-corrected chi connectivity index (χ0v) is 21.0. The summed E-state index contributed by atoms with van der Waals surface area (Å²) in [4.78, 5) is 14.3. The van der Waals surface area contributed by atoms with Crippen molar-refractivity contribution in [3.05, 3.63) is 23.9 Å². The van der Waals surface area contributed by atoms with Gasteiger partial charge in [0.25, 0.3) is 5.91 Å². The van der Waals surface area contributed by atoms with Crippen molar-refractivity contribution in [1.82, 2.24) is 0 Å². The Balaban J connectivity index is 0.00000420. The number of carbonyl (C=O) groups is 1. The van der Waals surface area contributed by atoms with Gasteiger partial charge in [0.1, 0.15) is 5.37 Å². The van der Waals surface area contributed by atoms with Crippen molar-refractivity contribution in [1.29, 1.82) is 0 Å². The summed E-state index contributed by atoms with van der Waals surface area (Å²) in [6, 6.07) is 3.30. The summed E-state index contributed by atoms with van der Waals surface area (Å²) in [5, 5.41) is 7.89. The first-order valence-corrected chi connectivity index (χ1v) is 11.3. The topological polar surface area (TPSA) is 49.8 Å². The number of unbranched alkanes of at least 4 members (excludes halogenated alkanes) is 3. The minimum Gasteiger partial charge on any atom is -0.388 e. The molecule has 1 aromatic heterocycles. The number of anilines is 1. The molecule has 10 heteroatoms. The van der Waals surface area contributed by atoms with E-state index in [4.69, 9.17) is 4.74 Å². The van der Waals surface area contributed by atoms with E-state index >= 15 is 0 Å². The van der Waals surface area contributed by atoms with Gasteiger partial charge >= 0.3 is 6.18 Å². The largest absolute Gasteiger partial charge is 0.409 e. The fourth-order valence-corrected chi connectivity index (χ4v) is 5.26. The molecule has 0 aliphatic carbocycles. The monoisotopic (exact) mass is 527 g/mol. The number of ether oxygens (including phenoxy) is 1. The van der Waals surface area contributed by atoms with Crippen LogP contribution in [-0.4, -0.2) is 41.0 Å². The van der Waals surface area contributed by atoms with Crippen LogP contribution >= 0.6 is 23.1 Å². The third-order valence-electron chi connectivity index (χ3n) is 4.40. The predicted molar refractivity (Wildman–Crippen MR) is 108 cm³/mol. The third-order valence-corrected chi connectivity index (χ3v) is 6.99. The van der Waals surface area contributed by atoms with Crippen LogP contribution in [0.5, 0.6) is 0 Å². The van der Waals surface area contributed by atoms with Crippen molar-refractivity contribution >= 4 is 34.0 Å². The molecule has 0 saturated carbocycles. The van der Waals surface area contributed by atoms with Gasteiger partial charge in [0.2, 0.25) is 0 Å². The molecule has 1 aliphatic heterocycles.